The molecule has 2 rings (SSSR count). The van der Waals surface area contributed by atoms with Crippen molar-refractivity contribution >= 4 is 21.8 Å². The van der Waals surface area contributed by atoms with Crippen LogP contribution < -0.4 is 5.32 Å². The van der Waals surface area contributed by atoms with Crippen LogP contribution in [0.3, 0.4) is 0 Å². The number of hydrogen-bond donors (Lipinski definition) is 2. The Kier molecular flexibility index (Phi) is 3.78. The number of rotatable bonds is 4. The molecule has 0 heterocycles. The molecule has 0 saturated heterocycles. The number of hydrogen-bond acceptors (Lipinski definition) is 2. The quantitative estimate of drug-likeness (QED) is 0.898. The molecule has 1 saturated carbocycles. The van der Waals surface area contributed by atoms with Gasteiger partial charge < -0.3 is 10.4 Å². The maximum atomic E-state index is 12.3. The highest BCUT2D eigenvalue weighted by atomic mass is 79.9. The van der Waals surface area contributed by atoms with Gasteiger partial charge in [0, 0.05) is 10.0 Å². The molecule has 1 amide bonds. The fraction of sp³-hybridized carbons (Fsp3) is 0.500. The predicted octanol–water partition coefficient (Wildman–Crippen LogP) is 2.65. The van der Waals surface area contributed by atoms with Crippen LogP contribution in [0.4, 0.5) is 0 Å². The molecule has 4 heteroatoms. The Labute approximate surface area is 116 Å². The van der Waals surface area contributed by atoms with Crippen LogP contribution in [-0.2, 0) is 0 Å². The van der Waals surface area contributed by atoms with Crippen LogP contribution in [-0.4, -0.2) is 23.2 Å². The van der Waals surface area contributed by atoms with Crippen LogP contribution in [0.15, 0.2) is 22.7 Å². The summed E-state index contributed by atoms with van der Waals surface area (Å²) in [5.41, 5.74) is 1.10. The molecule has 0 aliphatic heterocycles. The van der Waals surface area contributed by atoms with Crippen molar-refractivity contribution in [2.75, 3.05) is 6.61 Å². The number of aliphatic hydroxyl groups is 1. The Balaban J connectivity index is 2.18. The second-order valence-corrected chi connectivity index (χ2v) is 6.18. The van der Waals surface area contributed by atoms with Crippen molar-refractivity contribution in [1.29, 1.82) is 0 Å². The van der Waals surface area contributed by atoms with E-state index in [9.17, 15) is 9.90 Å². The maximum Gasteiger partial charge on any atom is 0.252 e. The van der Waals surface area contributed by atoms with Crippen LogP contribution in [0.25, 0.3) is 0 Å². The normalized spacial score (nSPS) is 18.2. The van der Waals surface area contributed by atoms with Crippen molar-refractivity contribution in [2.45, 2.75) is 32.2 Å². The van der Waals surface area contributed by atoms with Crippen molar-refractivity contribution < 1.29 is 9.90 Å². The summed E-state index contributed by atoms with van der Waals surface area (Å²) < 4.78 is 0.885. The van der Waals surface area contributed by atoms with Gasteiger partial charge in [-0.2, -0.15) is 0 Å². The first-order chi connectivity index (χ1) is 8.46. The minimum Gasteiger partial charge on any atom is -0.394 e. The Morgan fingerprint density at radius 3 is 2.78 bits per heavy atom. The topological polar surface area (TPSA) is 49.3 Å². The lowest BCUT2D eigenvalue weighted by atomic mass is 9.96. The lowest BCUT2D eigenvalue weighted by Gasteiger charge is -2.29. The summed E-state index contributed by atoms with van der Waals surface area (Å²) in [4.78, 5) is 12.3. The van der Waals surface area contributed by atoms with Gasteiger partial charge in [0.2, 0.25) is 0 Å². The maximum absolute atomic E-state index is 12.3. The van der Waals surface area contributed by atoms with Gasteiger partial charge in [-0.3, -0.25) is 4.79 Å². The summed E-state index contributed by atoms with van der Waals surface area (Å²) in [7, 11) is 0. The lowest BCUT2D eigenvalue weighted by Crippen LogP contribution is -2.50. The monoisotopic (exact) mass is 311 g/mol. The number of halogens is 1. The average Bonchev–Trinajstić information content (AvgIpc) is 3.16. The third kappa shape index (κ3) is 2.75. The molecule has 1 aromatic rings. The molecule has 1 atom stereocenters. The minimum atomic E-state index is -0.494. The van der Waals surface area contributed by atoms with E-state index >= 15 is 0 Å². The molecule has 0 bridgehead atoms. The molecule has 1 unspecified atom stereocenters. The molecule has 98 valence electrons. The first kappa shape index (κ1) is 13.6. The number of amides is 1. The number of aliphatic hydroxyl groups excluding tert-OH is 1. The van der Waals surface area contributed by atoms with Crippen LogP contribution in [0.5, 0.6) is 0 Å². The molecule has 0 aromatic heterocycles. The van der Waals surface area contributed by atoms with Gasteiger partial charge >= 0.3 is 0 Å². The van der Waals surface area contributed by atoms with Gasteiger partial charge in [0.25, 0.3) is 5.91 Å². The molecule has 1 fully saturated rings. The second kappa shape index (κ2) is 5.02. The Hall–Kier alpha value is -0.870. The van der Waals surface area contributed by atoms with E-state index in [0.29, 0.717) is 11.5 Å². The van der Waals surface area contributed by atoms with Crippen LogP contribution in [0, 0.1) is 12.8 Å². The van der Waals surface area contributed by atoms with Gasteiger partial charge in [-0.25, -0.2) is 0 Å². The van der Waals surface area contributed by atoms with E-state index in [1.165, 1.54) is 0 Å². The van der Waals surface area contributed by atoms with Gasteiger partial charge in [-0.15, -0.1) is 0 Å². The summed E-state index contributed by atoms with van der Waals surface area (Å²) in [5, 5.41) is 12.5. The Bertz CT molecular complexity index is 471. The second-order valence-electron chi connectivity index (χ2n) is 5.26. The molecule has 0 spiro atoms. The van der Waals surface area contributed by atoms with E-state index in [-0.39, 0.29) is 12.5 Å². The first-order valence-electron chi connectivity index (χ1n) is 6.16. The van der Waals surface area contributed by atoms with Gasteiger partial charge in [0.15, 0.2) is 0 Å². The fourth-order valence-electron chi connectivity index (χ4n) is 2.16. The number of nitrogens with one attached hydrogen (secondary N) is 1. The van der Waals surface area contributed by atoms with Crippen molar-refractivity contribution in [2.24, 2.45) is 5.92 Å². The van der Waals surface area contributed by atoms with E-state index in [2.05, 4.69) is 21.2 Å². The van der Waals surface area contributed by atoms with E-state index < -0.39 is 5.54 Å². The molecule has 1 aliphatic carbocycles. The Morgan fingerprint density at radius 2 is 2.22 bits per heavy atom. The zero-order valence-corrected chi connectivity index (χ0v) is 12.3. The van der Waals surface area contributed by atoms with Crippen LogP contribution in [0.2, 0.25) is 0 Å². The van der Waals surface area contributed by atoms with Gasteiger partial charge in [-0.05, 0) is 50.3 Å². The van der Waals surface area contributed by atoms with Crippen molar-refractivity contribution in [3.05, 3.63) is 33.8 Å². The third-order valence-electron chi connectivity index (χ3n) is 3.65. The zero-order chi connectivity index (χ0) is 13.3. The third-order valence-corrected chi connectivity index (χ3v) is 4.14. The van der Waals surface area contributed by atoms with E-state index in [0.717, 1.165) is 22.9 Å². The van der Waals surface area contributed by atoms with E-state index in [1.807, 2.05) is 32.0 Å². The van der Waals surface area contributed by atoms with Gasteiger partial charge in [0.05, 0.1) is 12.1 Å². The SMILES string of the molecule is Cc1ccc(Br)cc1C(=O)NC(C)(CO)C1CC1. The summed E-state index contributed by atoms with van der Waals surface area (Å²) >= 11 is 3.37. The highest BCUT2D eigenvalue weighted by Gasteiger charge is 2.42. The standard InChI is InChI=1S/C14H18BrNO2/c1-9-3-6-11(15)7-12(9)13(18)16-14(2,8-17)10-4-5-10/h3,6-7,10,17H,4-5,8H2,1-2H3,(H,16,18). The lowest BCUT2D eigenvalue weighted by molar-refractivity contribution is 0.0824. The largest absolute Gasteiger partial charge is 0.394 e. The predicted molar refractivity (Wildman–Crippen MR) is 74.6 cm³/mol. The summed E-state index contributed by atoms with van der Waals surface area (Å²) in [6.45, 7) is 3.81. The van der Waals surface area contributed by atoms with Crippen LogP contribution >= 0.6 is 15.9 Å². The summed E-state index contributed by atoms with van der Waals surface area (Å²) in [6, 6.07) is 5.64. The number of benzene rings is 1. The highest BCUT2D eigenvalue weighted by Crippen LogP contribution is 2.39. The first-order valence-corrected chi connectivity index (χ1v) is 6.95. The van der Waals surface area contributed by atoms with Gasteiger partial charge in [-0.1, -0.05) is 22.0 Å². The molecule has 1 aliphatic rings. The van der Waals surface area contributed by atoms with Crippen molar-refractivity contribution in [3.8, 4) is 0 Å². The molecule has 0 radical (unpaired) electrons. The molecule has 18 heavy (non-hydrogen) atoms. The zero-order valence-electron chi connectivity index (χ0n) is 10.7. The Morgan fingerprint density at radius 1 is 1.56 bits per heavy atom. The molecule has 3 nitrogen and oxygen atoms in total. The van der Waals surface area contributed by atoms with Gasteiger partial charge in [0.1, 0.15) is 0 Å². The number of carbonyl (C=O) groups is 1. The number of carbonyl (C=O) groups excluding carboxylic acids is 1. The molecular weight excluding hydrogens is 294 g/mol. The van der Waals surface area contributed by atoms with E-state index in [1.54, 1.807) is 0 Å². The molecule has 2 N–H and O–H groups in total. The minimum absolute atomic E-state index is 0.0174. The van der Waals surface area contributed by atoms with Crippen LogP contribution in [0.1, 0.15) is 35.7 Å². The van der Waals surface area contributed by atoms with Crippen molar-refractivity contribution in [1.82, 2.24) is 5.32 Å². The van der Waals surface area contributed by atoms with Crippen molar-refractivity contribution in [3.63, 3.8) is 0 Å². The smallest absolute Gasteiger partial charge is 0.252 e. The highest BCUT2D eigenvalue weighted by molar-refractivity contribution is 9.10. The van der Waals surface area contributed by atoms with E-state index in [4.69, 9.17) is 0 Å². The number of aryl methyl sites for hydroxylation is 1. The fourth-order valence-corrected chi connectivity index (χ4v) is 2.52. The average molecular weight is 312 g/mol. The molecular formula is C14H18BrNO2. The molecule has 1 aromatic carbocycles. The summed E-state index contributed by atoms with van der Waals surface area (Å²) in [5.74, 6) is 0.288. The summed E-state index contributed by atoms with van der Waals surface area (Å²) in [6.07, 6.45) is 2.16.